The molecule has 4 heteroatoms. The number of nitriles is 1. The summed E-state index contributed by atoms with van der Waals surface area (Å²) in [4.78, 5) is 2.04. The Labute approximate surface area is 134 Å². The smallest absolute Gasteiger partial charge is 0.148 e. The van der Waals surface area contributed by atoms with E-state index in [2.05, 4.69) is 27.3 Å². The Morgan fingerprint density at radius 1 is 1.14 bits per heavy atom. The Kier molecular flexibility index (Phi) is 4.54. The Bertz CT molecular complexity index is 658. The molecule has 2 rings (SSSR count). The molecule has 1 unspecified atom stereocenters. The molecule has 1 N–H and O–H groups in total. The van der Waals surface area contributed by atoms with Crippen molar-refractivity contribution in [1.29, 1.82) is 5.26 Å². The maximum Gasteiger partial charge on any atom is 0.148 e. The number of anilines is 2. The van der Waals surface area contributed by atoms with Crippen molar-refractivity contribution in [2.24, 2.45) is 0 Å². The predicted octanol–water partition coefficient (Wildman–Crippen LogP) is 4.37. The van der Waals surface area contributed by atoms with Crippen LogP contribution in [0.2, 0.25) is 0 Å². The summed E-state index contributed by atoms with van der Waals surface area (Å²) < 4.78 is 0.982. The van der Waals surface area contributed by atoms with Crippen molar-refractivity contribution >= 4 is 27.3 Å². The normalized spacial score (nSPS) is 13.1. The zero-order valence-electron chi connectivity index (χ0n) is 12.4. The van der Waals surface area contributed by atoms with Crippen LogP contribution in [0, 0.1) is 11.3 Å². The summed E-state index contributed by atoms with van der Waals surface area (Å²) in [6, 6.07) is 18.2. The molecule has 0 spiro atoms. The summed E-state index contributed by atoms with van der Waals surface area (Å²) in [6.07, 6.45) is 0. The molecule has 21 heavy (non-hydrogen) atoms. The van der Waals surface area contributed by atoms with Crippen molar-refractivity contribution in [2.75, 3.05) is 24.3 Å². The SMILES string of the molecule is CN(C)c1ccc(C(C)(C#N)Nc2cccc(Br)c2)cc1. The molecule has 3 nitrogen and oxygen atoms in total. The summed E-state index contributed by atoms with van der Waals surface area (Å²) in [6.45, 7) is 1.89. The Morgan fingerprint density at radius 3 is 2.33 bits per heavy atom. The van der Waals surface area contributed by atoms with Crippen molar-refractivity contribution < 1.29 is 0 Å². The van der Waals surface area contributed by atoms with E-state index in [1.165, 1.54) is 0 Å². The quantitative estimate of drug-likeness (QED) is 0.895. The van der Waals surface area contributed by atoms with Crippen LogP contribution in [-0.4, -0.2) is 14.1 Å². The first kappa shape index (κ1) is 15.4. The van der Waals surface area contributed by atoms with Gasteiger partial charge in [-0.1, -0.05) is 34.1 Å². The lowest BCUT2D eigenvalue weighted by atomic mass is 9.93. The molecular formula is C17H18BrN3. The second-order valence-electron chi connectivity index (χ2n) is 5.31. The van der Waals surface area contributed by atoms with E-state index in [0.717, 1.165) is 21.4 Å². The minimum absolute atomic E-state index is 0.772. The van der Waals surface area contributed by atoms with Crippen LogP contribution in [0.1, 0.15) is 12.5 Å². The summed E-state index contributed by atoms with van der Waals surface area (Å²) in [5.41, 5.74) is 2.19. The molecule has 1 atom stereocenters. The second-order valence-corrected chi connectivity index (χ2v) is 6.23. The second kappa shape index (κ2) is 6.19. The zero-order valence-corrected chi connectivity index (χ0v) is 14.0. The van der Waals surface area contributed by atoms with Gasteiger partial charge in [-0.2, -0.15) is 5.26 Å². The molecule has 108 valence electrons. The van der Waals surface area contributed by atoms with Gasteiger partial charge in [-0.05, 0) is 42.8 Å². The van der Waals surface area contributed by atoms with Gasteiger partial charge >= 0.3 is 0 Å². The largest absolute Gasteiger partial charge is 0.378 e. The molecular weight excluding hydrogens is 326 g/mol. The molecule has 0 aliphatic carbocycles. The average Bonchev–Trinajstić information content (AvgIpc) is 2.47. The molecule has 2 aromatic rings. The average molecular weight is 344 g/mol. The predicted molar refractivity (Wildman–Crippen MR) is 91.5 cm³/mol. The van der Waals surface area contributed by atoms with Crippen LogP contribution >= 0.6 is 15.9 Å². The van der Waals surface area contributed by atoms with E-state index in [9.17, 15) is 5.26 Å². The van der Waals surface area contributed by atoms with Crippen LogP contribution in [0.5, 0.6) is 0 Å². The van der Waals surface area contributed by atoms with Crippen LogP contribution in [0.15, 0.2) is 53.0 Å². The van der Waals surface area contributed by atoms with Crippen molar-refractivity contribution in [1.82, 2.24) is 0 Å². The van der Waals surface area contributed by atoms with E-state index < -0.39 is 5.54 Å². The van der Waals surface area contributed by atoms with E-state index in [1.807, 2.05) is 74.4 Å². The third-order valence-electron chi connectivity index (χ3n) is 3.40. The van der Waals surface area contributed by atoms with Crippen molar-refractivity contribution in [3.05, 3.63) is 58.6 Å². The number of nitrogens with zero attached hydrogens (tertiary/aromatic N) is 2. The highest BCUT2D eigenvalue weighted by Crippen LogP contribution is 2.28. The van der Waals surface area contributed by atoms with Crippen LogP contribution in [0.4, 0.5) is 11.4 Å². The van der Waals surface area contributed by atoms with Crippen LogP contribution in [-0.2, 0) is 5.54 Å². The zero-order chi connectivity index (χ0) is 15.5. The Hall–Kier alpha value is -1.99. The Balaban J connectivity index is 2.30. The molecule has 0 saturated carbocycles. The van der Waals surface area contributed by atoms with Crippen LogP contribution < -0.4 is 10.2 Å². The number of halogens is 1. The van der Waals surface area contributed by atoms with Gasteiger partial charge in [-0.15, -0.1) is 0 Å². The lowest BCUT2D eigenvalue weighted by Crippen LogP contribution is -2.30. The number of benzene rings is 2. The van der Waals surface area contributed by atoms with Gasteiger partial charge in [0, 0.05) is 29.9 Å². The molecule has 0 fully saturated rings. The lowest BCUT2D eigenvalue weighted by molar-refractivity contribution is 0.706. The highest BCUT2D eigenvalue weighted by molar-refractivity contribution is 9.10. The fourth-order valence-corrected chi connectivity index (χ4v) is 2.51. The molecule has 0 aromatic heterocycles. The van der Waals surface area contributed by atoms with Crippen molar-refractivity contribution in [2.45, 2.75) is 12.5 Å². The van der Waals surface area contributed by atoms with Crippen molar-refractivity contribution in [3.8, 4) is 6.07 Å². The van der Waals surface area contributed by atoms with Crippen LogP contribution in [0.25, 0.3) is 0 Å². The number of hydrogen-bond acceptors (Lipinski definition) is 3. The maximum atomic E-state index is 9.61. The third kappa shape index (κ3) is 3.56. The van der Waals surface area contributed by atoms with E-state index >= 15 is 0 Å². The first-order valence-corrected chi connectivity index (χ1v) is 7.47. The van der Waals surface area contributed by atoms with Gasteiger partial charge in [0.05, 0.1) is 6.07 Å². The van der Waals surface area contributed by atoms with Gasteiger partial charge in [0.25, 0.3) is 0 Å². The number of nitrogens with one attached hydrogen (secondary N) is 1. The van der Waals surface area contributed by atoms with Gasteiger partial charge < -0.3 is 10.2 Å². The Morgan fingerprint density at radius 2 is 1.81 bits per heavy atom. The minimum Gasteiger partial charge on any atom is -0.378 e. The number of rotatable bonds is 4. The lowest BCUT2D eigenvalue weighted by Gasteiger charge is -2.26. The highest BCUT2D eigenvalue weighted by atomic mass is 79.9. The molecule has 0 aliphatic heterocycles. The first-order valence-electron chi connectivity index (χ1n) is 6.67. The van der Waals surface area contributed by atoms with Gasteiger partial charge in [-0.25, -0.2) is 0 Å². The van der Waals surface area contributed by atoms with Gasteiger partial charge in [0.15, 0.2) is 0 Å². The summed E-state index contributed by atoms with van der Waals surface area (Å²) in [5.74, 6) is 0. The van der Waals surface area contributed by atoms with Gasteiger partial charge in [0.1, 0.15) is 5.54 Å². The third-order valence-corrected chi connectivity index (χ3v) is 3.90. The van der Waals surface area contributed by atoms with E-state index in [4.69, 9.17) is 0 Å². The topological polar surface area (TPSA) is 39.1 Å². The summed E-state index contributed by atoms with van der Waals surface area (Å²) in [5, 5.41) is 12.9. The minimum atomic E-state index is -0.772. The summed E-state index contributed by atoms with van der Waals surface area (Å²) in [7, 11) is 4.00. The van der Waals surface area contributed by atoms with E-state index in [-0.39, 0.29) is 0 Å². The fourth-order valence-electron chi connectivity index (χ4n) is 2.11. The monoisotopic (exact) mass is 343 g/mol. The molecule has 0 aliphatic rings. The highest BCUT2D eigenvalue weighted by Gasteiger charge is 2.26. The fraction of sp³-hybridized carbons (Fsp3) is 0.235. The maximum absolute atomic E-state index is 9.61. The molecule has 0 heterocycles. The standard InChI is InChI=1S/C17H18BrN3/c1-17(12-19,20-15-6-4-5-14(18)11-15)13-7-9-16(10-8-13)21(2)3/h4-11,20H,1-3H3. The van der Waals surface area contributed by atoms with Gasteiger partial charge in [-0.3, -0.25) is 0 Å². The summed E-state index contributed by atoms with van der Waals surface area (Å²) >= 11 is 3.44. The molecule has 0 saturated heterocycles. The molecule has 0 bridgehead atoms. The van der Waals surface area contributed by atoms with E-state index in [1.54, 1.807) is 0 Å². The molecule has 0 radical (unpaired) electrons. The van der Waals surface area contributed by atoms with Crippen LogP contribution in [0.3, 0.4) is 0 Å². The van der Waals surface area contributed by atoms with Gasteiger partial charge in [0.2, 0.25) is 0 Å². The van der Waals surface area contributed by atoms with Crippen molar-refractivity contribution in [3.63, 3.8) is 0 Å². The number of hydrogen-bond donors (Lipinski definition) is 1. The van der Waals surface area contributed by atoms with E-state index in [0.29, 0.717) is 0 Å². The molecule has 0 amide bonds. The first-order chi connectivity index (χ1) is 9.94. The molecule has 2 aromatic carbocycles.